The molecule has 0 radical (unpaired) electrons. The number of hydrogen-bond acceptors (Lipinski definition) is 4. The van der Waals surface area contributed by atoms with E-state index in [4.69, 9.17) is 4.43 Å². The predicted octanol–water partition coefficient (Wildman–Crippen LogP) is 4.97. The number of aliphatic hydroxyl groups excluding tert-OH is 2. The van der Waals surface area contributed by atoms with E-state index in [9.17, 15) is 15.3 Å². The Morgan fingerprint density at radius 2 is 1.60 bits per heavy atom. The van der Waals surface area contributed by atoms with Crippen LogP contribution in [-0.4, -0.2) is 48.6 Å². The van der Waals surface area contributed by atoms with Gasteiger partial charge in [-0.1, -0.05) is 27.7 Å². The molecule has 0 aromatic heterocycles. The van der Waals surface area contributed by atoms with Crippen LogP contribution in [0.25, 0.3) is 0 Å². The molecule has 176 valence electrons. The van der Waals surface area contributed by atoms with Crippen molar-refractivity contribution in [1.29, 1.82) is 0 Å². The van der Waals surface area contributed by atoms with E-state index >= 15 is 0 Å². The van der Waals surface area contributed by atoms with Gasteiger partial charge in [0.05, 0.1) is 18.3 Å². The van der Waals surface area contributed by atoms with Crippen molar-refractivity contribution in [2.24, 2.45) is 35.0 Å². The SMILES string of the molecule is CC(C)(C)[Si](C)(C)O[C@@H](CO)[C@@]1(C)CC[C@H]2[C@@H](CC[C@@H]3C[C@](C)(O)CC[C@@H]32)[C@@H]1CO. The fourth-order valence-electron chi connectivity index (χ4n) is 7.09. The first kappa shape index (κ1) is 24.7. The van der Waals surface area contributed by atoms with Gasteiger partial charge in [-0.25, -0.2) is 0 Å². The van der Waals surface area contributed by atoms with E-state index in [0.717, 1.165) is 32.1 Å². The van der Waals surface area contributed by atoms with Gasteiger partial charge >= 0.3 is 0 Å². The van der Waals surface area contributed by atoms with Gasteiger partial charge in [-0.05, 0) is 99.6 Å². The summed E-state index contributed by atoms with van der Waals surface area (Å²) in [4.78, 5) is 0. The van der Waals surface area contributed by atoms with E-state index < -0.39 is 13.9 Å². The Kier molecular flexibility index (Phi) is 6.95. The summed E-state index contributed by atoms with van der Waals surface area (Å²) in [6.45, 7) is 15.8. The van der Waals surface area contributed by atoms with Crippen molar-refractivity contribution in [3.63, 3.8) is 0 Å². The van der Waals surface area contributed by atoms with Crippen molar-refractivity contribution in [1.82, 2.24) is 0 Å². The lowest BCUT2D eigenvalue weighted by Gasteiger charge is -2.59. The van der Waals surface area contributed by atoms with Crippen LogP contribution in [0.1, 0.15) is 79.6 Å². The maximum absolute atomic E-state index is 10.6. The first-order valence-corrected chi connectivity index (χ1v) is 15.3. The zero-order chi connectivity index (χ0) is 22.5. The molecule has 3 aliphatic carbocycles. The van der Waals surface area contributed by atoms with Crippen LogP contribution < -0.4 is 0 Å². The monoisotopic (exact) mass is 440 g/mol. The van der Waals surface area contributed by atoms with Crippen LogP contribution in [0.5, 0.6) is 0 Å². The third-order valence-corrected chi connectivity index (χ3v) is 14.5. The molecule has 0 amide bonds. The minimum Gasteiger partial charge on any atom is -0.411 e. The molecule has 0 aromatic carbocycles. The molecule has 30 heavy (non-hydrogen) atoms. The van der Waals surface area contributed by atoms with Crippen molar-refractivity contribution >= 4 is 8.32 Å². The number of rotatable bonds is 5. The van der Waals surface area contributed by atoms with Crippen LogP contribution in [-0.2, 0) is 4.43 Å². The summed E-state index contributed by atoms with van der Waals surface area (Å²) in [7, 11) is -2.02. The summed E-state index contributed by atoms with van der Waals surface area (Å²) in [5.41, 5.74) is -0.681. The highest BCUT2D eigenvalue weighted by atomic mass is 28.4. The van der Waals surface area contributed by atoms with Crippen molar-refractivity contribution in [2.45, 2.75) is 109 Å². The molecule has 0 bridgehead atoms. The van der Waals surface area contributed by atoms with E-state index in [1.807, 2.05) is 6.92 Å². The van der Waals surface area contributed by atoms with Crippen molar-refractivity contribution in [2.75, 3.05) is 13.2 Å². The van der Waals surface area contributed by atoms with Crippen LogP contribution in [0.4, 0.5) is 0 Å². The number of hydrogen-bond donors (Lipinski definition) is 3. The Morgan fingerprint density at radius 1 is 0.967 bits per heavy atom. The zero-order valence-electron chi connectivity index (χ0n) is 20.6. The molecule has 0 aliphatic heterocycles. The molecular formula is C25H48O4Si. The Bertz CT molecular complexity index is 598. The van der Waals surface area contributed by atoms with Crippen molar-refractivity contribution in [3.8, 4) is 0 Å². The van der Waals surface area contributed by atoms with E-state index in [2.05, 4.69) is 40.8 Å². The van der Waals surface area contributed by atoms with Crippen LogP contribution >= 0.6 is 0 Å². The van der Waals surface area contributed by atoms with E-state index in [1.54, 1.807) is 0 Å². The smallest absolute Gasteiger partial charge is 0.192 e. The van der Waals surface area contributed by atoms with Gasteiger partial charge in [-0.3, -0.25) is 0 Å². The Hall–Kier alpha value is 0.0569. The van der Waals surface area contributed by atoms with E-state index in [1.165, 1.54) is 12.8 Å². The average Bonchev–Trinajstić information content (AvgIpc) is 2.63. The number of aliphatic hydroxyl groups is 3. The van der Waals surface area contributed by atoms with E-state index in [-0.39, 0.29) is 35.7 Å². The van der Waals surface area contributed by atoms with Gasteiger partial charge in [-0.2, -0.15) is 0 Å². The fourth-order valence-corrected chi connectivity index (χ4v) is 8.49. The van der Waals surface area contributed by atoms with Crippen LogP contribution in [0, 0.1) is 35.0 Å². The molecule has 0 heterocycles. The molecule has 4 nitrogen and oxygen atoms in total. The zero-order valence-corrected chi connectivity index (χ0v) is 21.6. The first-order valence-electron chi connectivity index (χ1n) is 12.4. The quantitative estimate of drug-likeness (QED) is 0.528. The van der Waals surface area contributed by atoms with Gasteiger partial charge in [0.1, 0.15) is 0 Å². The molecule has 3 rings (SSSR count). The minimum absolute atomic E-state index is 0.0335. The highest BCUT2D eigenvalue weighted by Crippen LogP contribution is 2.60. The third-order valence-electron chi connectivity index (χ3n) is 10.0. The molecule has 3 aliphatic rings. The first-order chi connectivity index (χ1) is 13.8. The molecule has 8 atom stereocenters. The second-order valence-corrected chi connectivity index (χ2v) is 17.7. The summed E-state index contributed by atoms with van der Waals surface area (Å²) in [6.07, 6.45) is 7.25. The maximum Gasteiger partial charge on any atom is 0.192 e. The van der Waals surface area contributed by atoms with Gasteiger partial charge in [-0.15, -0.1) is 0 Å². The van der Waals surface area contributed by atoms with Gasteiger partial charge < -0.3 is 19.7 Å². The largest absolute Gasteiger partial charge is 0.411 e. The molecule has 3 saturated carbocycles. The van der Waals surface area contributed by atoms with E-state index in [0.29, 0.717) is 23.7 Å². The molecule has 0 aromatic rings. The van der Waals surface area contributed by atoms with Gasteiger partial charge in [0.25, 0.3) is 0 Å². The highest BCUT2D eigenvalue weighted by molar-refractivity contribution is 6.74. The molecule has 3 fully saturated rings. The van der Waals surface area contributed by atoms with Gasteiger partial charge in [0, 0.05) is 12.0 Å². The summed E-state index contributed by atoms with van der Waals surface area (Å²) in [6, 6.07) is 0. The fraction of sp³-hybridized carbons (Fsp3) is 1.00. The Balaban J connectivity index is 1.82. The Labute approximate surface area is 185 Å². The van der Waals surface area contributed by atoms with Gasteiger partial charge in [0.15, 0.2) is 8.32 Å². The Morgan fingerprint density at radius 3 is 2.17 bits per heavy atom. The third kappa shape index (κ3) is 4.43. The summed E-state index contributed by atoms with van der Waals surface area (Å²) >= 11 is 0. The number of fused-ring (bicyclic) bond motifs is 3. The summed E-state index contributed by atoms with van der Waals surface area (Å²) < 4.78 is 6.78. The lowest BCUT2D eigenvalue weighted by Crippen LogP contribution is -2.58. The van der Waals surface area contributed by atoms with Crippen molar-refractivity contribution in [3.05, 3.63) is 0 Å². The van der Waals surface area contributed by atoms with Crippen molar-refractivity contribution < 1.29 is 19.7 Å². The lowest BCUT2D eigenvalue weighted by molar-refractivity contribution is -0.144. The second kappa shape index (κ2) is 8.44. The molecule has 5 heteroatoms. The summed E-state index contributed by atoms with van der Waals surface area (Å²) in [5.74, 6) is 2.67. The highest BCUT2D eigenvalue weighted by Gasteiger charge is 2.56. The molecule has 3 N–H and O–H groups in total. The molecule has 0 unspecified atom stereocenters. The second-order valence-electron chi connectivity index (χ2n) is 13.0. The predicted molar refractivity (Wildman–Crippen MR) is 125 cm³/mol. The normalized spacial score (nSPS) is 43.6. The minimum atomic E-state index is -2.02. The molecule has 0 spiro atoms. The topological polar surface area (TPSA) is 69.9 Å². The lowest BCUT2D eigenvalue weighted by atomic mass is 9.48. The van der Waals surface area contributed by atoms with Gasteiger partial charge in [0.2, 0.25) is 0 Å². The summed E-state index contributed by atoms with van der Waals surface area (Å²) in [5, 5.41) is 31.7. The van der Waals surface area contributed by atoms with Crippen LogP contribution in [0.2, 0.25) is 18.1 Å². The standard InChI is InChI=1S/C25H48O4Si/c1-23(2,3)30(6,7)29-22(16-27)25(5)13-11-19-18-10-12-24(4,28)14-17(18)8-9-20(19)21(25)15-26/h17-22,26-28H,8-16H2,1-7H3/t17-,18+,19-,20-,21+,22+,24-,25+/m1/s1. The van der Waals surface area contributed by atoms with Crippen LogP contribution in [0.3, 0.4) is 0 Å². The molecular weight excluding hydrogens is 392 g/mol. The van der Waals surface area contributed by atoms with Crippen LogP contribution in [0.15, 0.2) is 0 Å². The molecule has 0 saturated heterocycles. The maximum atomic E-state index is 10.6. The average molecular weight is 441 g/mol.